The molecule has 96 valence electrons. The van der Waals surface area contributed by atoms with Crippen LogP contribution in [0.3, 0.4) is 0 Å². The van der Waals surface area contributed by atoms with Crippen molar-refractivity contribution in [2.24, 2.45) is 5.73 Å². The highest BCUT2D eigenvalue weighted by Crippen LogP contribution is 2.24. The summed E-state index contributed by atoms with van der Waals surface area (Å²) in [6.45, 7) is -0.0426. The molecule has 1 unspecified atom stereocenters. The van der Waals surface area contributed by atoms with Gasteiger partial charge in [0.2, 0.25) is 0 Å². The van der Waals surface area contributed by atoms with Crippen LogP contribution >= 0.6 is 0 Å². The zero-order valence-electron chi connectivity index (χ0n) is 9.34. The fourth-order valence-corrected chi connectivity index (χ4v) is 1.65. The summed E-state index contributed by atoms with van der Waals surface area (Å²) >= 11 is 0. The lowest BCUT2D eigenvalue weighted by molar-refractivity contribution is 0.0778. The van der Waals surface area contributed by atoms with Gasteiger partial charge >= 0.3 is 12.2 Å². The van der Waals surface area contributed by atoms with E-state index in [-0.39, 0.29) is 18.8 Å². The third kappa shape index (κ3) is 2.50. The number of amides is 2. The van der Waals surface area contributed by atoms with E-state index in [0.29, 0.717) is 0 Å². The number of anilines is 1. The van der Waals surface area contributed by atoms with Crippen LogP contribution in [-0.2, 0) is 9.47 Å². The molecule has 0 aliphatic carbocycles. The number of ether oxygens (including phenoxy) is 2. The Balaban J connectivity index is 2.06. The molecule has 0 radical (unpaired) electrons. The monoisotopic (exact) mass is 254 g/mol. The molecule has 7 heteroatoms. The summed E-state index contributed by atoms with van der Waals surface area (Å²) in [5, 5.41) is 0. The lowest BCUT2D eigenvalue weighted by Crippen LogP contribution is -2.28. The summed E-state index contributed by atoms with van der Waals surface area (Å²) in [5.41, 5.74) is 4.93. The van der Waals surface area contributed by atoms with Crippen LogP contribution in [0.5, 0.6) is 0 Å². The molecular formula is C11H11FN2O4. The van der Waals surface area contributed by atoms with Crippen LogP contribution in [0.1, 0.15) is 0 Å². The first kappa shape index (κ1) is 12.2. The van der Waals surface area contributed by atoms with E-state index >= 15 is 0 Å². The summed E-state index contributed by atoms with van der Waals surface area (Å²) in [6.07, 6.45) is -2.28. The number of nitrogens with zero attached hydrogens (tertiary/aromatic N) is 1. The van der Waals surface area contributed by atoms with Crippen LogP contribution < -0.4 is 10.6 Å². The summed E-state index contributed by atoms with van der Waals surface area (Å²) in [5.74, 6) is -0.522. The van der Waals surface area contributed by atoms with Gasteiger partial charge in [-0.2, -0.15) is 0 Å². The Morgan fingerprint density at radius 3 is 2.94 bits per heavy atom. The van der Waals surface area contributed by atoms with Crippen LogP contribution in [0.15, 0.2) is 24.3 Å². The number of hydrogen-bond donors (Lipinski definition) is 1. The maximum atomic E-state index is 13.5. The van der Waals surface area contributed by atoms with Crippen molar-refractivity contribution < 1.29 is 23.5 Å². The highest BCUT2D eigenvalue weighted by atomic mass is 19.1. The van der Waals surface area contributed by atoms with E-state index in [2.05, 4.69) is 4.74 Å². The number of rotatable bonds is 3. The van der Waals surface area contributed by atoms with Gasteiger partial charge in [0.15, 0.2) is 6.10 Å². The van der Waals surface area contributed by atoms with Crippen molar-refractivity contribution in [3.8, 4) is 0 Å². The minimum atomic E-state index is -0.949. The van der Waals surface area contributed by atoms with Gasteiger partial charge in [-0.3, -0.25) is 4.90 Å². The van der Waals surface area contributed by atoms with Gasteiger partial charge in [-0.15, -0.1) is 0 Å². The summed E-state index contributed by atoms with van der Waals surface area (Å²) in [4.78, 5) is 23.1. The third-order valence-corrected chi connectivity index (χ3v) is 2.43. The Hall–Kier alpha value is -2.31. The van der Waals surface area contributed by atoms with E-state index in [0.717, 1.165) is 4.90 Å². The van der Waals surface area contributed by atoms with Crippen LogP contribution in [0.2, 0.25) is 0 Å². The number of halogens is 1. The lowest BCUT2D eigenvalue weighted by Gasteiger charge is -2.13. The predicted octanol–water partition coefficient (Wildman–Crippen LogP) is 1.25. The molecular weight excluding hydrogens is 243 g/mol. The molecule has 1 aromatic rings. The number of hydrogen-bond acceptors (Lipinski definition) is 4. The topological polar surface area (TPSA) is 81.9 Å². The van der Waals surface area contributed by atoms with Crippen LogP contribution in [0.4, 0.5) is 19.7 Å². The summed E-state index contributed by atoms with van der Waals surface area (Å²) < 4.78 is 23.0. The van der Waals surface area contributed by atoms with Crippen molar-refractivity contribution in [2.45, 2.75) is 6.10 Å². The molecule has 2 amide bonds. The summed E-state index contributed by atoms with van der Waals surface area (Å²) in [7, 11) is 0. The molecule has 1 aliphatic rings. The molecule has 1 fully saturated rings. The minimum absolute atomic E-state index is 0.104. The van der Waals surface area contributed by atoms with Gasteiger partial charge in [-0.1, -0.05) is 12.1 Å². The number of carbonyl (C=O) groups excluding carboxylic acids is 2. The van der Waals surface area contributed by atoms with E-state index in [1.54, 1.807) is 6.07 Å². The van der Waals surface area contributed by atoms with Crippen molar-refractivity contribution >= 4 is 17.9 Å². The van der Waals surface area contributed by atoms with E-state index in [1.807, 2.05) is 0 Å². The first-order valence-corrected chi connectivity index (χ1v) is 5.23. The Labute approximate surface area is 102 Å². The molecule has 0 saturated carbocycles. The Kier molecular flexibility index (Phi) is 3.31. The van der Waals surface area contributed by atoms with Crippen molar-refractivity contribution in [1.29, 1.82) is 0 Å². The Morgan fingerprint density at radius 1 is 1.56 bits per heavy atom. The van der Waals surface area contributed by atoms with Crippen LogP contribution in [0.25, 0.3) is 0 Å². The Morgan fingerprint density at radius 2 is 2.28 bits per heavy atom. The first-order valence-electron chi connectivity index (χ1n) is 5.23. The predicted molar refractivity (Wildman–Crippen MR) is 59.6 cm³/mol. The SMILES string of the molecule is NC(=O)OCC1CN(c2ccccc2F)C(=O)O1. The van der Waals surface area contributed by atoms with Gasteiger partial charge in [0.25, 0.3) is 0 Å². The Bertz CT molecular complexity index is 480. The number of cyclic esters (lactones) is 1. The standard InChI is InChI=1S/C11H11FN2O4/c12-8-3-1-2-4-9(8)14-5-7(18-11(14)16)6-17-10(13)15/h1-4,7H,5-6H2,(H2,13,15). The van der Waals surface area contributed by atoms with E-state index in [1.165, 1.54) is 18.2 Å². The largest absolute Gasteiger partial charge is 0.446 e. The normalized spacial score (nSPS) is 18.6. The number of primary amides is 1. The van der Waals surface area contributed by atoms with Gasteiger partial charge in [-0.05, 0) is 12.1 Å². The molecule has 0 aromatic heterocycles. The fraction of sp³-hybridized carbons (Fsp3) is 0.273. The average molecular weight is 254 g/mol. The van der Waals surface area contributed by atoms with Crippen molar-refractivity contribution in [2.75, 3.05) is 18.1 Å². The molecule has 1 aromatic carbocycles. The number of para-hydroxylation sites is 1. The smallest absolute Gasteiger partial charge is 0.414 e. The first-order chi connectivity index (χ1) is 8.58. The van der Waals surface area contributed by atoms with E-state index < -0.39 is 24.1 Å². The minimum Gasteiger partial charge on any atom is -0.446 e. The highest BCUT2D eigenvalue weighted by molar-refractivity contribution is 5.89. The van der Waals surface area contributed by atoms with Crippen molar-refractivity contribution in [3.05, 3.63) is 30.1 Å². The van der Waals surface area contributed by atoms with Gasteiger partial charge in [0.05, 0.1) is 12.2 Å². The maximum Gasteiger partial charge on any atom is 0.414 e. The number of benzene rings is 1. The number of nitrogens with two attached hydrogens (primary N) is 1. The van der Waals surface area contributed by atoms with Crippen molar-refractivity contribution in [1.82, 2.24) is 0 Å². The van der Waals surface area contributed by atoms with E-state index in [4.69, 9.17) is 10.5 Å². The molecule has 2 rings (SSSR count). The van der Waals surface area contributed by atoms with Gasteiger partial charge in [0, 0.05) is 0 Å². The van der Waals surface area contributed by atoms with Crippen LogP contribution in [-0.4, -0.2) is 31.4 Å². The molecule has 6 nitrogen and oxygen atoms in total. The third-order valence-electron chi connectivity index (χ3n) is 2.43. The molecule has 1 atom stereocenters. The molecule has 1 heterocycles. The summed E-state index contributed by atoms with van der Waals surface area (Å²) in [6, 6.07) is 5.84. The van der Waals surface area contributed by atoms with Gasteiger partial charge in [0.1, 0.15) is 12.4 Å². The molecule has 1 aliphatic heterocycles. The quantitative estimate of drug-likeness (QED) is 0.879. The van der Waals surface area contributed by atoms with Gasteiger partial charge < -0.3 is 15.2 Å². The lowest BCUT2D eigenvalue weighted by atomic mass is 10.2. The van der Waals surface area contributed by atoms with Crippen LogP contribution in [0, 0.1) is 5.82 Å². The molecule has 18 heavy (non-hydrogen) atoms. The average Bonchev–Trinajstić information content (AvgIpc) is 2.69. The second kappa shape index (κ2) is 4.91. The van der Waals surface area contributed by atoms with Gasteiger partial charge in [-0.25, -0.2) is 14.0 Å². The molecule has 0 spiro atoms. The maximum absolute atomic E-state index is 13.5. The second-order valence-corrected chi connectivity index (χ2v) is 3.70. The van der Waals surface area contributed by atoms with E-state index in [9.17, 15) is 14.0 Å². The second-order valence-electron chi connectivity index (χ2n) is 3.70. The fourth-order valence-electron chi connectivity index (χ4n) is 1.65. The highest BCUT2D eigenvalue weighted by Gasteiger charge is 2.34. The zero-order valence-corrected chi connectivity index (χ0v) is 9.34. The molecule has 0 bridgehead atoms. The molecule has 2 N–H and O–H groups in total. The zero-order chi connectivity index (χ0) is 13.1. The molecule has 1 saturated heterocycles. The number of carbonyl (C=O) groups is 2. The van der Waals surface area contributed by atoms with Crippen molar-refractivity contribution in [3.63, 3.8) is 0 Å².